The molecule has 0 bridgehead atoms. The van der Waals surface area contributed by atoms with E-state index in [0.717, 1.165) is 22.5 Å². The first-order chi connectivity index (χ1) is 20.3. The average Bonchev–Trinajstić information content (AvgIpc) is 3.02. The zero-order valence-electron chi connectivity index (χ0n) is 24.3. The molecule has 3 amide bonds. The van der Waals surface area contributed by atoms with Crippen molar-refractivity contribution in [2.75, 3.05) is 36.8 Å². The number of amides is 3. The summed E-state index contributed by atoms with van der Waals surface area (Å²) in [6, 6.07) is 30.3. The highest BCUT2D eigenvalue weighted by Crippen LogP contribution is 2.23. The van der Waals surface area contributed by atoms with Crippen LogP contribution in [0.25, 0.3) is 0 Å². The van der Waals surface area contributed by atoms with E-state index in [4.69, 9.17) is 0 Å². The van der Waals surface area contributed by atoms with Crippen LogP contribution in [0.4, 0.5) is 11.4 Å². The average molecular weight is 561 g/mol. The first-order valence-electron chi connectivity index (χ1n) is 14.3. The second-order valence-electron chi connectivity index (χ2n) is 10.7. The van der Waals surface area contributed by atoms with E-state index in [-0.39, 0.29) is 23.8 Å². The van der Waals surface area contributed by atoms with E-state index in [9.17, 15) is 14.4 Å². The molecule has 0 aliphatic carbocycles. The molecule has 1 unspecified atom stereocenters. The molecule has 214 valence electrons. The van der Waals surface area contributed by atoms with Crippen LogP contribution in [-0.2, 0) is 0 Å². The van der Waals surface area contributed by atoms with Gasteiger partial charge in [0.2, 0.25) is 0 Å². The Bertz CT molecular complexity index is 1610. The van der Waals surface area contributed by atoms with Gasteiger partial charge in [0.1, 0.15) is 0 Å². The lowest BCUT2D eigenvalue weighted by Gasteiger charge is -2.35. The van der Waals surface area contributed by atoms with Crippen LogP contribution in [0.3, 0.4) is 0 Å². The second-order valence-corrected chi connectivity index (χ2v) is 10.7. The van der Waals surface area contributed by atoms with Crippen LogP contribution in [-0.4, -0.2) is 53.7 Å². The van der Waals surface area contributed by atoms with Crippen LogP contribution in [0.15, 0.2) is 97.1 Å². The fourth-order valence-corrected chi connectivity index (χ4v) is 5.17. The van der Waals surface area contributed by atoms with Crippen molar-refractivity contribution < 1.29 is 14.4 Å². The van der Waals surface area contributed by atoms with Gasteiger partial charge in [-0.25, -0.2) is 0 Å². The van der Waals surface area contributed by atoms with Crippen LogP contribution in [0, 0.1) is 13.8 Å². The van der Waals surface area contributed by atoms with E-state index in [1.807, 2.05) is 67.6 Å². The predicted molar refractivity (Wildman–Crippen MR) is 167 cm³/mol. The van der Waals surface area contributed by atoms with E-state index in [2.05, 4.69) is 36.6 Å². The molecule has 42 heavy (non-hydrogen) atoms. The molecule has 1 heterocycles. The number of carbonyl (C=O) groups is 3. The Balaban J connectivity index is 1.19. The fraction of sp³-hybridized carbons (Fsp3) is 0.229. The molecule has 0 radical (unpaired) electrons. The van der Waals surface area contributed by atoms with Crippen molar-refractivity contribution in [3.8, 4) is 0 Å². The number of para-hydroxylation sites is 2. The van der Waals surface area contributed by atoms with Gasteiger partial charge in [0.25, 0.3) is 17.7 Å². The molecular weight excluding hydrogens is 524 g/mol. The molecule has 7 nitrogen and oxygen atoms in total. The maximum atomic E-state index is 13.4. The number of piperazine rings is 1. The van der Waals surface area contributed by atoms with Gasteiger partial charge in [-0.2, -0.15) is 0 Å². The molecule has 5 rings (SSSR count). The van der Waals surface area contributed by atoms with Crippen molar-refractivity contribution in [1.29, 1.82) is 0 Å². The van der Waals surface area contributed by atoms with Crippen LogP contribution in [0.1, 0.15) is 60.7 Å². The summed E-state index contributed by atoms with van der Waals surface area (Å²) in [7, 11) is 0. The molecule has 0 spiro atoms. The molecular formula is C35H36N4O3. The topological polar surface area (TPSA) is 81.8 Å². The molecule has 4 aromatic rings. The standard InChI is InChI=1S/C35H36N4O3/c1-24-10-4-6-16-31(24)36-26(3)27-12-8-14-29(22-27)34(41)38-18-20-39(21-19-38)35(42)30-15-9-13-28(23-30)33(40)37-32-17-7-5-11-25(32)2/h4-17,22-23,26,36H,18-21H2,1-3H3,(H,37,40). The molecule has 1 saturated heterocycles. The highest BCUT2D eigenvalue weighted by molar-refractivity contribution is 6.06. The summed E-state index contributed by atoms with van der Waals surface area (Å²) < 4.78 is 0. The van der Waals surface area contributed by atoms with E-state index in [1.165, 1.54) is 5.56 Å². The Hall–Kier alpha value is -4.91. The molecule has 1 fully saturated rings. The molecule has 0 aromatic heterocycles. The predicted octanol–water partition coefficient (Wildman–Crippen LogP) is 6.33. The fourth-order valence-electron chi connectivity index (χ4n) is 5.17. The van der Waals surface area contributed by atoms with Gasteiger partial charge in [0, 0.05) is 60.3 Å². The maximum Gasteiger partial charge on any atom is 0.255 e. The summed E-state index contributed by atoms with van der Waals surface area (Å²) in [6.07, 6.45) is 0. The minimum atomic E-state index is -0.264. The molecule has 1 aliphatic rings. The first kappa shape index (κ1) is 28.6. The van der Waals surface area contributed by atoms with E-state index in [0.29, 0.717) is 42.9 Å². The van der Waals surface area contributed by atoms with Crippen molar-refractivity contribution in [2.24, 2.45) is 0 Å². The van der Waals surface area contributed by atoms with Gasteiger partial charge < -0.3 is 20.4 Å². The minimum absolute atomic E-state index is 0.0304. The third-order valence-electron chi connectivity index (χ3n) is 7.77. The molecule has 0 saturated carbocycles. The van der Waals surface area contributed by atoms with Crippen molar-refractivity contribution >= 4 is 29.1 Å². The highest BCUT2D eigenvalue weighted by atomic mass is 16.2. The van der Waals surface area contributed by atoms with Gasteiger partial charge >= 0.3 is 0 Å². The number of nitrogens with one attached hydrogen (secondary N) is 2. The van der Waals surface area contributed by atoms with Crippen molar-refractivity contribution in [1.82, 2.24) is 9.80 Å². The van der Waals surface area contributed by atoms with Crippen LogP contribution >= 0.6 is 0 Å². The molecule has 4 aromatic carbocycles. The Labute approximate surface area is 247 Å². The summed E-state index contributed by atoms with van der Waals surface area (Å²) in [5.74, 6) is -0.451. The first-order valence-corrected chi connectivity index (χ1v) is 14.3. The van der Waals surface area contributed by atoms with Crippen LogP contribution in [0.2, 0.25) is 0 Å². The molecule has 2 N–H and O–H groups in total. The monoisotopic (exact) mass is 560 g/mol. The molecule has 1 atom stereocenters. The lowest BCUT2D eigenvalue weighted by molar-refractivity contribution is 0.0535. The van der Waals surface area contributed by atoms with Gasteiger partial charge in [0.15, 0.2) is 0 Å². The second kappa shape index (κ2) is 12.7. The quantitative estimate of drug-likeness (QED) is 0.277. The number of anilines is 2. The summed E-state index contributed by atoms with van der Waals surface area (Å²) in [5.41, 5.74) is 6.48. The Kier molecular flexibility index (Phi) is 8.67. The zero-order valence-corrected chi connectivity index (χ0v) is 24.3. The van der Waals surface area contributed by atoms with E-state index >= 15 is 0 Å². The normalized spacial score (nSPS) is 13.8. The van der Waals surface area contributed by atoms with Gasteiger partial charge in [-0.05, 0) is 79.9 Å². The van der Waals surface area contributed by atoms with E-state index < -0.39 is 0 Å². The van der Waals surface area contributed by atoms with Crippen LogP contribution in [0.5, 0.6) is 0 Å². The summed E-state index contributed by atoms with van der Waals surface area (Å²) in [4.78, 5) is 43.1. The number of nitrogens with zero attached hydrogens (tertiary/aromatic N) is 2. The number of aryl methyl sites for hydroxylation is 2. The maximum absolute atomic E-state index is 13.4. The lowest BCUT2D eigenvalue weighted by Crippen LogP contribution is -2.50. The van der Waals surface area contributed by atoms with Gasteiger partial charge in [-0.15, -0.1) is 0 Å². The van der Waals surface area contributed by atoms with Gasteiger partial charge in [-0.3, -0.25) is 14.4 Å². The Morgan fingerprint density at radius 3 is 1.71 bits per heavy atom. The number of benzene rings is 4. The zero-order chi connectivity index (χ0) is 29.6. The van der Waals surface area contributed by atoms with Crippen molar-refractivity contribution in [2.45, 2.75) is 26.8 Å². The van der Waals surface area contributed by atoms with Gasteiger partial charge in [-0.1, -0.05) is 54.6 Å². The summed E-state index contributed by atoms with van der Waals surface area (Å²) in [6.45, 7) is 7.82. The number of hydrogen-bond acceptors (Lipinski definition) is 4. The van der Waals surface area contributed by atoms with Crippen molar-refractivity contribution in [3.05, 3.63) is 130 Å². The lowest BCUT2D eigenvalue weighted by atomic mass is 10.0. The smallest absolute Gasteiger partial charge is 0.255 e. The molecule has 1 aliphatic heterocycles. The minimum Gasteiger partial charge on any atom is -0.378 e. The van der Waals surface area contributed by atoms with Gasteiger partial charge in [0.05, 0.1) is 0 Å². The molecule has 7 heteroatoms. The van der Waals surface area contributed by atoms with E-state index in [1.54, 1.807) is 34.1 Å². The number of carbonyl (C=O) groups excluding carboxylic acids is 3. The largest absolute Gasteiger partial charge is 0.378 e. The summed E-state index contributed by atoms with van der Waals surface area (Å²) in [5, 5.41) is 6.46. The number of rotatable bonds is 7. The Morgan fingerprint density at radius 2 is 1.12 bits per heavy atom. The summed E-state index contributed by atoms with van der Waals surface area (Å²) >= 11 is 0. The third-order valence-corrected chi connectivity index (χ3v) is 7.77. The van der Waals surface area contributed by atoms with Crippen molar-refractivity contribution in [3.63, 3.8) is 0 Å². The third kappa shape index (κ3) is 6.52. The highest BCUT2D eigenvalue weighted by Gasteiger charge is 2.26. The number of hydrogen-bond donors (Lipinski definition) is 2. The SMILES string of the molecule is Cc1ccccc1NC(=O)c1cccc(C(=O)N2CCN(C(=O)c3cccc(C(C)Nc4ccccc4C)c3)CC2)c1. The Morgan fingerprint density at radius 1 is 0.619 bits per heavy atom. The van der Waals surface area contributed by atoms with Crippen LogP contribution < -0.4 is 10.6 Å².